The van der Waals surface area contributed by atoms with Crippen LogP contribution in [-0.2, 0) is 4.79 Å². The third-order valence-corrected chi connectivity index (χ3v) is 3.17. The molecule has 0 aromatic heterocycles. The van der Waals surface area contributed by atoms with Gasteiger partial charge in [0.25, 0.3) is 5.91 Å². The van der Waals surface area contributed by atoms with Gasteiger partial charge in [0.15, 0.2) is 0 Å². The van der Waals surface area contributed by atoms with Gasteiger partial charge >= 0.3 is 0 Å². The lowest BCUT2D eigenvalue weighted by Crippen LogP contribution is -2.49. The lowest BCUT2D eigenvalue weighted by Gasteiger charge is -2.40. The zero-order chi connectivity index (χ0) is 10.7. The summed E-state index contributed by atoms with van der Waals surface area (Å²) < 4.78 is 0. The second kappa shape index (κ2) is 4.47. The number of terminal acetylenes is 1. The normalized spacial score (nSPS) is 32.4. The molecular formula is C11H18N2O. The predicted octanol–water partition coefficient (Wildman–Crippen LogP) is 0.451. The van der Waals surface area contributed by atoms with Gasteiger partial charge in [0, 0.05) is 12.6 Å². The summed E-state index contributed by atoms with van der Waals surface area (Å²) in [5.74, 6) is 2.94. The average molecular weight is 194 g/mol. The van der Waals surface area contributed by atoms with Crippen LogP contribution in [0.4, 0.5) is 0 Å². The first-order valence-electron chi connectivity index (χ1n) is 5.07. The topological polar surface area (TPSA) is 46.3 Å². The quantitative estimate of drug-likeness (QED) is 0.616. The van der Waals surface area contributed by atoms with E-state index in [-0.39, 0.29) is 11.9 Å². The first-order valence-corrected chi connectivity index (χ1v) is 5.07. The first-order chi connectivity index (χ1) is 6.60. The minimum atomic E-state index is -0.206. The molecule has 2 N–H and O–H groups in total. The molecule has 1 amide bonds. The Hall–Kier alpha value is -1.01. The van der Waals surface area contributed by atoms with Crippen molar-refractivity contribution in [3.63, 3.8) is 0 Å². The largest absolute Gasteiger partial charge is 0.330 e. The summed E-state index contributed by atoms with van der Waals surface area (Å²) in [5.41, 5.74) is 5.65. The summed E-state index contributed by atoms with van der Waals surface area (Å²) in [6.07, 6.45) is 6.11. The Morgan fingerprint density at radius 3 is 2.79 bits per heavy atom. The molecule has 0 aromatic carbocycles. The highest BCUT2D eigenvalue weighted by molar-refractivity contribution is 5.93. The average Bonchev–Trinajstić information content (AvgIpc) is 2.17. The van der Waals surface area contributed by atoms with Crippen molar-refractivity contribution in [1.82, 2.24) is 4.90 Å². The van der Waals surface area contributed by atoms with Crippen LogP contribution in [0.3, 0.4) is 0 Å². The Balaban J connectivity index is 2.70. The van der Waals surface area contributed by atoms with Gasteiger partial charge in [-0.1, -0.05) is 6.92 Å². The number of amides is 1. The van der Waals surface area contributed by atoms with Gasteiger partial charge in [-0.15, -0.1) is 6.42 Å². The van der Waals surface area contributed by atoms with E-state index >= 15 is 0 Å². The van der Waals surface area contributed by atoms with Crippen molar-refractivity contribution in [1.29, 1.82) is 0 Å². The van der Waals surface area contributed by atoms with Crippen LogP contribution in [0.5, 0.6) is 0 Å². The molecule has 3 heteroatoms. The van der Waals surface area contributed by atoms with Crippen molar-refractivity contribution in [3.8, 4) is 12.3 Å². The zero-order valence-electron chi connectivity index (χ0n) is 8.86. The van der Waals surface area contributed by atoms with Gasteiger partial charge in [0.1, 0.15) is 0 Å². The van der Waals surface area contributed by atoms with Crippen molar-refractivity contribution >= 4 is 5.91 Å². The summed E-state index contributed by atoms with van der Waals surface area (Å²) in [4.78, 5) is 13.2. The zero-order valence-corrected chi connectivity index (χ0v) is 8.86. The van der Waals surface area contributed by atoms with Crippen LogP contribution in [0.1, 0.15) is 20.3 Å². The molecule has 0 radical (unpaired) electrons. The lowest BCUT2D eigenvalue weighted by molar-refractivity contribution is -0.130. The third-order valence-electron chi connectivity index (χ3n) is 3.17. The minimum absolute atomic E-state index is 0.206. The maximum Gasteiger partial charge on any atom is 0.298 e. The highest BCUT2D eigenvalue weighted by Gasteiger charge is 2.31. The molecule has 1 aliphatic heterocycles. The molecule has 1 heterocycles. The number of hydrogen-bond donors (Lipinski definition) is 1. The van der Waals surface area contributed by atoms with Crippen LogP contribution in [0.2, 0.25) is 0 Å². The molecule has 3 nitrogen and oxygen atoms in total. The molecule has 14 heavy (non-hydrogen) atoms. The third kappa shape index (κ3) is 2.08. The second-order valence-electron chi connectivity index (χ2n) is 4.16. The summed E-state index contributed by atoms with van der Waals surface area (Å²) >= 11 is 0. The maximum atomic E-state index is 11.4. The van der Waals surface area contributed by atoms with E-state index in [9.17, 15) is 4.79 Å². The number of nitrogens with zero attached hydrogens (tertiary/aromatic N) is 1. The number of carbonyl (C=O) groups excluding carboxylic acids is 1. The van der Waals surface area contributed by atoms with Gasteiger partial charge in [-0.05, 0) is 37.6 Å². The second-order valence-corrected chi connectivity index (χ2v) is 4.16. The fourth-order valence-electron chi connectivity index (χ4n) is 2.14. The lowest BCUT2D eigenvalue weighted by atomic mass is 9.83. The summed E-state index contributed by atoms with van der Waals surface area (Å²) in [7, 11) is 0. The van der Waals surface area contributed by atoms with Crippen molar-refractivity contribution in [2.45, 2.75) is 26.3 Å². The van der Waals surface area contributed by atoms with Crippen molar-refractivity contribution in [2.75, 3.05) is 13.1 Å². The Labute approximate surface area is 85.6 Å². The van der Waals surface area contributed by atoms with Crippen LogP contribution < -0.4 is 5.73 Å². The number of nitrogens with two attached hydrogens (primary N) is 1. The number of piperidine rings is 1. The molecule has 1 aliphatic rings. The molecule has 1 rings (SSSR count). The molecule has 0 spiro atoms. The van der Waals surface area contributed by atoms with E-state index in [4.69, 9.17) is 12.2 Å². The fraction of sp³-hybridized carbons (Fsp3) is 0.727. The molecule has 0 aromatic rings. The van der Waals surface area contributed by atoms with Gasteiger partial charge in [-0.2, -0.15) is 0 Å². The Morgan fingerprint density at radius 2 is 2.29 bits per heavy atom. The maximum absolute atomic E-state index is 11.4. The van der Waals surface area contributed by atoms with E-state index < -0.39 is 0 Å². The summed E-state index contributed by atoms with van der Waals surface area (Å²) in [6.45, 7) is 5.56. The Bertz CT molecular complexity index is 257. The van der Waals surface area contributed by atoms with E-state index in [1.54, 1.807) is 4.90 Å². The van der Waals surface area contributed by atoms with Crippen LogP contribution in [0.25, 0.3) is 0 Å². The van der Waals surface area contributed by atoms with Gasteiger partial charge in [-0.25, -0.2) is 0 Å². The predicted molar refractivity (Wildman–Crippen MR) is 56.3 cm³/mol. The van der Waals surface area contributed by atoms with E-state index in [2.05, 4.69) is 12.8 Å². The van der Waals surface area contributed by atoms with E-state index in [0.29, 0.717) is 24.9 Å². The monoisotopic (exact) mass is 194 g/mol. The molecule has 1 saturated heterocycles. The molecule has 3 unspecified atom stereocenters. The van der Waals surface area contributed by atoms with Gasteiger partial charge in [0.2, 0.25) is 0 Å². The number of likely N-dealkylation sites (tertiary alicyclic amines) is 1. The fourth-order valence-corrected chi connectivity index (χ4v) is 2.14. The smallest absolute Gasteiger partial charge is 0.298 e. The molecule has 1 fully saturated rings. The highest BCUT2D eigenvalue weighted by Crippen LogP contribution is 2.26. The van der Waals surface area contributed by atoms with Gasteiger partial charge in [-0.3, -0.25) is 4.79 Å². The number of hydrogen-bond acceptors (Lipinski definition) is 2. The molecule has 0 aliphatic carbocycles. The summed E-state index contributed by atoms with van der Waals surface area (Å²) in [5, 5.41) is 0. The highest BCUT2D eigenvalue weighted by atomic mass is 16.2. The van der Waals surface area contributed by atoms with Crippen LogP contribution >= 0.6 is 0 Å². The van der Waals surface area contributed by atoms with Crippen molar-refractivity contribution in [2.24, 2.45) is 17.6 Å². The van der Waals surface area contributed by atoms with Crippen LogP contribution in [0.15, 0.2) is 0 Å². The molecule has 0 bridgehead atoms. The van der Waals surface area contributed by atoms with Crippen molar-refractivity contribution in [3.05, 3.63) is 0 Å². The molecule has 0 saturated carbocycles. The number of carbonyl (C=O) groups is 1. The van der Waals surface area contributed by atoms with Gasteiger partial charge in [0.05, 0.1) is 0 Å². The van der Waals surface area contributed by atoms with Crippen molar-refractivity contribution < 1.29 is 4.79 Å². The molecular weight excluding hydrogens is 176 g/mol. The Kier molecular flexibility index (Phi) is 3.54. The SMILES string of the molecule is C#CC(=O)N1CC(CN)C(C)CC1C. The number of rotatable bonds is 1. The first kappa shape index (κ1) is 11.1. The Morgan fingerprint density at radius 1 is 1.64 bits per heavy atom. The van der Waals surface area contributed by atoms with Crippen LogP contribution in [0, 0.1) is 24.2 Å². The summed E-state index contributed by atoms with van der Waals surface area (Å²) in [6, 6.07) is 0.247. The van der Waals surface area contributed by atoms with E-state index in [1.807, 2.05) is 6.92 Å². The molecule has 78 valence electrons. The van der Waals surface area contributed by atoms with E-state index in [0.717, 1.165) is 6.42 Å². The van der Waals surface area contributed by atoms with Crippen LogP contribution in [-0.4, -0.2) is 29.9 Å². The molecule has 3 atom stereocenters. The minimum Gasteiger partial charge on any atom is -0.330 e. The standard InChI is InChI=1S/C11H18N2O/c1-4-11(14)13-7-10(6-12)8(2)5-9(13)3/h1,8-10H,5-7,12H2,2-3H3. The van der Waals surface area contributed by atoms with Gasteiger partial charge < -0.3 is 10.6 Å². The van der Waals surface area contributed by atoms with E-state index in [1.165, 1.54) is 0 Å².